The number of nitrogens with two attached hydrogens (primary N) is 1. The highest BCUT2D eigenvalue weighted by atomic mass is 16.2. The van der Waals surface area contributed by atoms with Gasteiger partial charge < -0.3 is 11.1 Å². The van der Waals surface area contributed by atoms with Crippen LogP contribution in [0.4, 0.5) is 0 Å². The summed E-state index contributed by atoms with van der Waals surface area (Å²) in [4.78, 5) is 30.8. The Morgan fingerprint density at radius 1 is 1.26 bits per heavy atom. The first-order chi connectivity index (χ1) is 16.0. The van der Waals surface area contributed by atoms with Crippen molar-refractivity contribution in [2.24, 2.45) is 28.5 Å². The van der Waals surface area contributed by atoms with Crippen LogP contribution in [0.1, 0.15) is 72.4 Å². The third kappa shape index (κ3) is 5.94. The molecule has 1 aliphatic carbocycles. The molecule has 2 aliphatic rings. The van der Waals surface area contributed by atoms with Crippen LogP contribution in [0.5, 0.6) is 0 Å². The first kappa shape index (κ1) is 25.7. The fraction of sp³-hybridized carbons (Fsp3) is 0.483. The monoisotopic (exact) mass is 461 g/mol. The maximum atomic E-state index is 13.2. The lowest BCUT2D eigenvalue weighted by Crippen LogP contribution is -2.36. The molecular weight excluding hydrogens is 422 g/mol. The van der Waals surface area contributed by atoms with Gasteiger partial charge in [-0.15, -0.1) is 0 Å². The smallest absolute Gasteiger partial charge is 0.228 e. The third-order valence-corrected chi connectivity index (χ3v) is 7.50. The molecule has 0 spiro atoms. The minimum atomic E-state index is -0.467. The lowest BCUT2D eigenvalue weighted by atomic mass is 9.80. The van der Waals surface area contributed by atoms with Gasteiger partial charge >= 0.3 is 0 Å². The van der Waals surface area contributed by atoms with Gasteiger partial charge in [0, 0.05) is 12.8 Å². The van der Waals surface area contributed by atoms with Gasteiger partial charge in [0.15, 0.2) is 5.78 Å². The highest BCUT2D eigenvalue weighted by molar-refractivity contribution is 6.03. The van der Waals surface area contributed by atoms with Gasteiger partial charge in [0.1, 0.15) is 0 Å². The van der Waals surface area contributed by atoms with Gasteiger partial charge in [-0.3, -0.25) is 14.6 Å². The largest absolute Gasteiger partial charge is 0.387 e. The Morgan fingerprint density at radius 2 is 1.94 bits per heavy atom. The van der Waals surface area contributed by atoms with E-state index >= 15 is 0 Å². The summed E-state index contributed by atoms with van der Waals surface area (Å²) in [6.07, 6.45) is 7.51. The molecule has 4 atom stereocenters. The number of benzene rings is 1. The quantitative estimate of drug-likeness (QED) is 0.552. The van der Waals surface area contributed by atoms with Crippen LogP contribution in [0.3, 0.4) is 0 Å². The van der Waals surface area contributed by atoms with Gasteiger partial charge in [-0.25, -0.2) is 0 Å². The fourth-order valence-electron chi connectivity index (χ4n) is 4.59. The maximum Gasteiger partial charge on any atom is 0.228 e. The molecule has 34 heavy (non-hydrogen) atoms. The Labute approximate surface area is 204 Å². The second kappa shape index (κ2) is 10.5. The molecule has 1 amide bonds. The van der Waals surface area contributed by atoms with Crippen molar-refractivity contribution in [3.63, 3.8) is 0 Å². The summed E-state index contributed by atoms with van der Waals surface area (Å²) in [5.74, 6) is 0.741. The Morgan fingerprint density at radius 3 is 2.59 bits per heavy atom. The second-order valence-corrected chi connectivity index (χ2v) is 10.4. The third-order valence-electron chi connectivity index (χ3n) is 7.50. The molecule has 3 rings (SSSR count). The number of hydrogen-bond acceptors (Lipinski definition) is 4. The highest BCUT2D eigenvalue weighted by Gasteiger charge is 2.34. The topological polar surface area (TPSA) is 84.5 Å². The summed E-state index contributed by atoms with van der Waals surface area (Å²) in [7, 11) is 0. The van der Waals surface area contributed by atoms with Crippen LogP contribution in [0.15, 0.2) is 70.3 Å². The van der Waals surface area contributed by atoms with Gasteiger partial charge in [-0.05, 0) is 55.7 Å². The molecule has 0 bridgehead atoms. The maximum absolute atomic E-state index is 13.2. The molecule has 1 aromatic rings. The van der Waals surface area contributed by atoms with Crippen molar-refractivity contribution in [1.82, 2.24) is 5.32 Å². The van der Waals surface area contributed by atoms with E-state index in [1.807, 2.05) is 50.3 Å². The van der Waals surface area contributed by atoms with E-state index in [-0.39, 0.29) is 35.5 Å². The number of aliphatic imine (C=N–C) groups is 1. The molecule has 0 saturated carbocycles. The standard InChI is InChI=1S/C29H39N3O2/c1-18(2)29(6)17-26(33)24(16-27(30)32-29)13-12-22-14-19(3)20(4)25(15-22)28(34)31-21(5)23-10-8-7-9-11-23/h7-11,13-15,18,20-21,25H,12,16-17H2,1-6H3,(H2,30,32)(H,31,34)/b24-13-/t20?,21-,25?,29+/m1/s1. The minimum absolute atomic E-state index is 0.0241. The lowest BCUT2D eigenvalue weighted by molar-refractivity contribution is -0.125. The van der Waals surface area contributed by atoms with E-state index in [2.05, 4.69) is 50.2 Å². The van der Waals surface area contributed by atoms with Gasteiger partial charge in [-0.1, -0.05) is 74.9 Å². The Hall–Kier alpha value is -2.95. The number of allylic oxidation sites excluding steroid dienone is 4. The van der Waals surface area contributed by atoms with E-state index in [1.165, 1.54) is 5.57 Å². The molecule has 5 nitrogen and oxygen atoms in total. The fourth-order valence-corrected chi connectivity index (χ4v) is 4.59. The highest BCUT2D eigenvalue weighted by Crippen LogP contribution is 2.33. The molecular formula is C29H39N3O2. The number of Topliss-reactive ketones (excluding diaryl/α,β-unsaturated/α-hetero) is 1. The number of amidine groups is 1. The number of carbonyl (C=O) groups excluding carboxylic acids is 2. The van der Waals surface area contributed by atoms with Crippen LogP contribution in [0.2, 0.25) is 0 Å². The van der Waals surface area contributed by atoms with Crippen molar-refractivity contribution in [3.8, 4) is 0 Å². The number of carbonyl (C=O) groups is 2. The van der Waals surface area contributed by atoms with Crippen molar-refractivity contribution in [1.29, 1.82) is 0 Å². The van der Waals surface area contributed by atoms with Gasteiger partial charge in [-0.2, -0.15) is 0 Å². The van der Waals surface area contributed by atoms with Crippen LogP contribution < -0.4 is 11.1 Å². The van der Waals surface area contributed by atoms with Crippen LogP contribution in [-0.4, -0.2) is 23.1 Å². The van der Waals surface area contributed by atoms with E-state index in [0.717, 1.165) is 16.7 Å². The van der Waals surface area contributed by atoms with Crippen LogP contribution in [0, 0.1) is 17.8 Å². The zero-order valence-corrected chi connectivity index (χ0v) is 21.4. The average Bonchev–Trinajstić information content (AvgIpc) is 2.89. The molecule has 182 valence electrons. The summed E-state index contributed by atoms with van der Waals surface area (Å²) in [5.41, 5.74) is 9.74. The normalized spacial score (nSPS) is 27.6. The molecule has 0 aromatic heterocycles. The van der Waals surface area contributed by atoms with Crippen molar-refractivity contribution >= 4 is 17.5 Å². The number of rotatable bonds is 6. The van der Waals surface area contributed by atoms with E-state index in [0.29, 0.717) is 25.1 Å². The predicted molar refractivity (Wildman–Crippen MR) is 139 cm³/mol. The average molecular weight is 462 g/mol. The Kier molecular flexibility index (Phi) is 7.96. The summed E-state index contributed by atoms with van der Waals surface area (Å²) in [5, 5.41) is 3.17. The molecule has 0 radical (unpaired) electrons. The van der Waals surface area contributed by atoms with Gasteiger partial charge in [0.05, 0.1) is 23.3 Å². The number of amides is 1. The molecule has 0 saturated heterocycles. The SMILES string of the molecule is CC1=CC(C/C=C2/CC(N)=N[C@](C)(C(C)C)CC2=O)=CC(C(=O)N[C@H](C)c2ccccc2)C1C. The summed E-state index contributed by atoms with van der Waals surface area (Å²) in [6, 6.07) is 9.92. The summed E-state index contributed by atoms with van der Waals surface area (Å²) >= 11 is 0. The van der Waals surface area contributed by atoms with Gasteiger partial charge in [0.2, 0.25) is 5.91 Å². The number of nitrogens with one attached hydrogen (secondary N) is 1. The van der Waals surface area contributed by atoms with Crippen LogP contribution in [-0.2, 0) is 9.59 Å². The Balaban J connectivity index is 1.75. The van der Waals surface area contributed by atoms with Crippen molar-refractivity contribution < 1.29 is 9.59 Å². The first-order valence-corrected chi connectivity index (χ1v) is 12.3. The molecule has 1 aliphatic heterocycles. The molecule has 1 heterocycles. The summed E-state index contributed by atoms with van der Waals surface area (Å²) < 4.78 is 0. The summed E-state index contributed by atoms with van der Waals surface area (Å²) in [6.45, 7) is 12.3. The van der Waals surface area contributed by atoms with Crippen LogP contribution in [0.25, 0.3) is 0 Å². The molecule has 3 N–H and O–H groups in total. The first-order valence-electron chi connectivity index (χ1n) is 12.3. The number of ketones is 1. The van der Waals surface area contributed by atoms with Crippen LogP contribution >= 0.6 is 0 Å². The minimum Gasteiger partial charge on any atom is -0.387 e. The second-order valence-electron chi connectivity index (χ2n) is 10.4. The van der Waals surface area contributed by atoms with E-state index in [1.54, 1.807) is 0 Å². The van der Waals surface area contributed by atoms with E-state index in [4.69, 9.17) is 5.73 Å². The Bertz CT molecular complexity index is 1050. The number of hydrogen-bond donors (Lipinski definition) is 2. The molecule has 1 aromatic carbocycles. The van der Waals surface area contributed by atoms with Crippen molar-refractivity contribution in [3.05, 3.63) is 70.8 Å². The van der Waals surface area contributed by atoms with E-state index < -0.39 is 5.54 Å². The zero-order chi connectivity index (χ0) is 25.0. The van der Waals surface area contributed by atoms with Crippen molar-refractivity contribution in [2.75, 3.05) is 0 Å². The number of nitrogens with zero attached hydrogens (tertiary/aromatic N) is 1. The molecule has 2 unspecified atom stereocenters. The zero-order valence-electron chi connectivity index (χ0n) is 21.4. The molecule has 0 fully saturated rings. The molecule has 5 heteroatoms. The lowest BCUT2D eigenvalue weighted by Gasteiger charge is -2.28. The van der Waals surface area contributed by atoms with Gasteiger partial charge in [0.25, 0.3) is 0 Å². The predicted octanol–water partition coefficient (Wildman–Crippen LogP) is 5.45. The van der Waals surface area contributed by atoms with E-state index in [9.17, 15) is 9.59 Å². The van der Waals surface area contributed by atoms with Crippen molar-refractivity contribution in [2.45, 2.75) is 72.4 Å².